The smallest absolute Gasteiger partial charge is 0.206 e. The molecule has 0 spiro atoms. The summed E-state index contributed by atoms with van der Waals surface area (Å²) in [5, 5.41) is 0. The molecule has 0 fully saturated rings. The first-order valence-electron chi connectivity index (χ1n) is 12.5. The highest BCUT2D eigenvalue weighted by Gasteiger charge is 2.42. The van der Waals surface area contributed by atoms with Crippen LogP contribution in [0.25, 0.3) is 44.6 Å². The largest absolute Gasteiger partial charge is 0.212 e. The molecule has 6 rings (SSSR count). The third-order valence-corrected chi connectivity index (χ3v) is 7.68. The highest BCUT2D eigenvalue weighted by molar-refractivity contribution is 5.93. The Hall–Kier alpha value is -4.04. The van der Waals surface area contributed by atoms with Crippen LogP contribution in [0.2, 0.25) is 0 Å². The van der Waals surface area contributed by atoms with Gasteiger partial charge in [0.05, 0.1) is 5.56 Å². The second-order valence-corrected chi connectivity index (χ2v) is 10.3. The standard InChI is InChI=1S/C34H29FN/c1-22-16-17-26-27-18-19-28(35)31(25-14-10-13-24(21-25)23-11-6-5-7-12-23)33(27)34(2,3)32(26)30(22)29-15-8-9-20-36(29)4/h5-21H,1-4H3/q+1. The third-order valence-electron chi connectivity index (χ3n) is 7.68. The van der Waals surface area contributed by atoms with Crippen LogP contribution in [0.3, 0.4) is 0 Å². The van der Waals surface area contributed by atoms with Crippen molar-refractivity contribution < 1.29 is 8.96 Å². The predicted molar refractivity (Wildman–Crippen MR) is 146 cm³/mol. The zero-order chi connectivity index (χ0) is 25.0. The van der Waals surface area contributed by atoms with Gasteiger partial charge in [0.25, 0.3) is 0 Å². The minimum Gasteiger partial charge on any atom is -0.206 e. The van der Waals surface area contributed by atoms with Crippen LogP contribution in [0.5, 0.6) is 0 Å². The molecule has 4 aromatic carbocycles. The minimum absolute atomic E-state index is 0.177. The zero-order valence-electron chi connectivity index (χ0n) is 21.1. The first kappa shape index (κ1) is 22.4. The molecule has 1 aliphatic carbocycles. The molecule has 0 unspecified atom stereocenters. The molecule has 1 nitrogen and oxygen atoms in total. The summed E-state index contributed by atoms with van der Waals surface area (Å²) in [6.07, 6.45) is 2.09. The number of pyridine rings is 1. The lowest BCUT2D eigenvalue weighted by molar-refractivity contribution is -0.660. The maximum Gasteiger partial charge on any atom is 0.212 e. The molecule has 0 N–H and O–H groups in total. The van der Waals surface area contributed by atoms with Gasteiger partial charge in [0.15, 0.2) is 6.20 Å². The van der Waals surface area contributed by atoms with Gasteiger partial charge in [-0.2, -0.15) is 0 Å². The van der Waals surface area contributed by atoms with Crippen LogP contribution in [0.4, 0.5) is 4.39 Å². The Morgan fingerprint density at radius 3 is 2.03 bits per heavy atom. The molecule has 1 aliphatic rings. The van der Waals surface area contributed by atoms with Gasteiger partial charge in [-0.15, -0.1) is 0 Å². The fourth-order valence-corrected chi connectivity index (χ4v) is 6.04. The summed E-state index contributed by atoms with van der Waals surface area (Å²) in [4.78, 5) is 0. The Morgan fingerprint density at radius 2 is 1.28 bits per heavy atom. The molecule has 1 aromatic heterocycles. The monoisotopic (exact) mass is 470 g/mol. The van der Waals surface area contributed by atoms with Crippen molar-refractivity contribution in [2.45, 2.75) is 26.2 Å². The van der Waals surface area contributed by atoms with Crippen molar-refractivity contribution in [3.63, 3.8) is 0 Å². The fraction of sp³-hybridized carbons (Fsp3) is 0.147. The van der Waals surface area contributed by atoms with Crippen LogP contribution in [0, 0.1) is 12.7 Å². The lowest BCUT2D eigenvalue weighted by Gasteiger charge is -2.27. The van der Waals surface area contributed by atoms with Crippen LogP contribution in [0.1, 0.15) is 30.5 Å². The summed E-state index contributed by atoms with van der Waals surface area (Å²) in [5.41, 5.74) is 11.7. The molecule has 5 aromatic rings. The first-order chi connectivity index (χ1) is 17.4. The van der Waals surface area contributed by atoms with E-state index in [-0.39, 0.29) is 11.2 Å². The minimum atomic E-state index is -0.380. The van der Waals surface area contributed by atoms with E-state index in [2.05, 4.69) is 93.2 Å². The Morgan fingerprint density at radius 1 is 0.639 bits per heavy atom. The maximum absolute atomic E-state index is 15.8. The molecule has 0 aliphatic heterocycles. The molecule has 0 saturated heterocycles. The van der Waals surface area contributed by atoms with Crippen molar-refractivity contribution in [1.82, 2.24) is 0 Å². The summed E-state index contributed by atoms with van der Waals surface area (Å²) < 4.78 is 18.0. The number of halogens is 1. The van der Waals surface area contributed by atoms with Gasteiger partial charge in [0.1, 0.15) is 12.9 Å². The molecule has 1 heterocycles. The SMILES string of the molecule is Cc1ccc2c(c1-c1cccc[n+]1C)C(C)(C)c1c-2ccc(F)c1-c1cccc(-c2ccccc2)c1. The molecule has 36 heavy (non-hydrogen) atoms. The van der Waals surface area contributed by atoms with Gasteiger partial charge in [-0.3, -0.25) is 0 Å². The number of hydrogen-bond acceptors (Lipinski definition) is 0. The molecule has 0 bridgehead atoms. The number of hydrogen-bond donors (Lipinski definition) is 0. The number of aryl methyl sites for hydroxylation is 2. The number of nitrogens with zero attached hydrogens (tertiary/aromatic N) is 1. The van der Waals surface area contributed by atoms with Gasteiger partial charge in [-0.05, 0) is 69.6 Å². The number of rotatable bonds is 3. The molecular formula is C34H29FN+. The van der Waals surface area contributed by atoms with Crippen molar-refractivity contribution in [2.24, 2.45) is 7.05 Å². The van der Waals surface area contributed by atoms with E-state index in [4.69, 9.17) is 0 Å². The Labute approximate surface area is 212 Å². The summed E-state index contributed by atoms with van der Waals surface area (Å²) in [7, 11) is 2.09. The first-order valence-corrected chi connectivity index (χ1v) is 12.5. The molecule has 2 heteroatoms. The lowest BCUT2D eigenvalue weighted by Crippen LogP contribution is -2.31. The number of fused-ring (bicyclic) bond motifs is 3. The van der Waals surface area contributed by atoms with Crippen LogP contribution in [0.15, 0.2) is 103 Å². The number of benzene rings is 4. The Bertz CT molecular complexity index is 1630. The van der Waals surface area contributed by atoms with Gasteiger partial charge in [0.2, 0.25) is 5.69 Å². The van der Waals surface area contributed by atoms with Crippen molar-refractivity contribution in [2.75, 3.05) is 0 Å². The molecule has 0 radical (unpaired) electrons. The van der Waals surface area contributed by atoms with E-state index in [1.54, 1.807) is 6.07 Å². The van der Waals surface area contributed by atoms with E-state index in [0.717, 1.165) is 27.8 Å². The van der Waals surface area contributed by atoms with E-state index < -0.39 is 0 Å². The molecule has 0 atom stereocenters. The van der Waals surface area contributed by atoms with E-state index in [9.17, 15) is 0 Å². The van der Waals surface area contributed by atoms with E-state index in [1.165, 1.54) is 27.9 Å². The van der Waals surface area contributed by atoms with E-state index in [0.29, 0.717) is 5.56 Å². The van der Waals surface area contributed by atoms with Gasteiger partial charge >= 0.3 is 0 Å². The van der Waals surface area contributed by atoms with Crippen molar-refractivity contribution in [3.05, 3.63) is 126 Å². The van der Waals surface area contributed by atoms with Gasteiger partial charge in [-0.1, -0.05) is 80.6 Å². The van der Waals surface area contributed by atoms with Gasteiger partial charge in [0, 0.05) is 23.1 Å². The van der Waals surface area contributed by atoms with Gasteiger partial charge in [-0.25, -0.2) is 8.96 Å². The lowest BCUT2D eigenvalue weighted by atomic mass is 9.75. The third kappa shape index (κ3) is 3.32. The Balaban J connectivity index is 1.62. The van der Waals surface area contributed by atoms with Crippen LogP contribution in [-0.2, 0) is 12.5 Å². The second kappa shape index (κ2) is 8.27. The van der Waals surface area contributed by atoms with Crippen LogP contribution >= 0.6 is 0 Å². The van der Waals surface area contributed by atoms with Gasteiger partial charge < -0.3 is 0 Å². The molecular weight excluding hydrogens is 441 g/mol. The van der Waals surface area contributed by atoms with E-state index >= 15 is 4.39 Å². The highest BCUT2D eigenvalue weighted by Crippen LogP contribution is 2.55. The maximum atomic E-state index is 15.8. The predicted octanol–water partition coefficient (Wildman–Crippen LogP) is 8.27. The molecule has 0 amide bonds. The molecule has 176 valence electrons. The van der Waals surface area contributed by atoms with Crippen molar-refractivity contribution in [1.29, 1.82) is 0 Å². The average Bonchev–Trinajstić information content (AvgIpc) is 3.12. The highest BCUT2D eigenvalue weighted by atomic mass is 19.1. The summed E-state index contributed by atoms with van der Waals surface area (Å²) in [5.74, 6) is -0.177. The number of aromatic nitrogens is 1. The zero-order valence-corrected chi connectivity index (χ0v) is 21.1. The van der Waals surface area contributed by atoms with Crippen molar-refractivity contribution >= 4 is 0 Å². The Kier molecular flexibility index (Phi) is 5.15. The fourth-order valence-electron chi connectivity index (χ4n) is 6.04. The van der Waals surface area contributed by atoms with E-state index in [1.807, 2.05) is 36.4 Å². The second-order valence-electron chi connectivity index (χ2n) is 10.3. The topological polar surface area (TPSA) is 3.88 Å². The van der Waals surface area contributed by atoms with Crippen molar-refractivity contribution in [3.8, 4) is 44.6 Å². The summed E-state index contributed by atoms with van der Waals surface area (Å²) in [6.45, 7) is 6.66. The summed E-state index contributed by atoms with van der Waals surface area (Å²) >= 11 is 0. The normalized spacial score (nSPS) is 13.4. The molecule has 0 saturated carbocycles. The van der Waals surface area contributed by atoms with Crippen LogP contribution < -0.4 is 4.57 Å². The van der Waals surface area contributed by atoms with Crippen LogP contribution in [-0.4, -0.2) is 0 Å². The quantitative estimate of drug-likeness (QED) is 0.234. The average molecular weight is 471 g/mol. The summed E-state index contributed by atoms with van der Waals surface area (Å²) in [6, 6.07) is 32.9.